The summed E-state index contributed by atoms with van der Waals surface area (Å²) in [6.45, 7) is 4.51. The normalized spacial score (nSPS) is 11.0. The molecule has 0 fully saturated rings. The summed E-state index contributed by atoms with van der Waals surface area (Å²) in [4.78, 5) is 48.4. The Morgan fingerprint density at radius 1 is 1.04 bits per heavy atom. The first kappa shape index (κ1) is 44.4. The van der Waals surface area contributed by atoms with E-state index in [1.165, 1.54) is 61.4 Å². The van der Waals surface area contributed by atoms with E-state index in [9.17, 15) is 40.4 Å². The van der Waals surface area contributed by atoms with Crippen molar-refractivity contribution >= 4 is 73.5 Å². The minimum atomic E-state index is -4.61. The van der Waals surface area contributed by atoms with Crippen molar-refractivity contribution in [3.05, 3.63) is 73.0 Å². The van der Waals surface area contributed by atoms with Crippen LogP contribution in [0.3, 0.4) is 0 Å². The summed E-state index contributed by atoms with van der Waals surface area (Å²) in [5.74, 6) is -1.82. The summed E-state index contributed by atoms with van der Waals surface area (Å²) in [5.41, 5.74) is 0.209. The number of rotatable bonds is 10. The molecule has 0 saturated heterocycles. The number of sulfonamides is 1. The van der Waals surface area contributed by atoms with E-state index in [1.54, 1.807) is 13.8 Å². The van der Waals surface area contributed by atoms with Crippen LogP contribution in [0.1, 0.15) is 35.0 Å². The Kier molecular flexibility index (Phi) is 16.5. The molecule has 4 aromatic rings. The predicted molar refractivity (Wildman–Crippen MR) is 181 cm³/mol. The molecule has 0 unspecified atom stereocenters. The minimum absolute atomic E-state index is 0. The Hall–Kier alpha value is -3.78. The molecule has 3 amide bonds. The molecule has 0 aliphatic carbocycles. The van der Waals surface area contributed by atoms with Crippen LogP contribution in [0.15, 0.2) is 47.4 Å². The predicted octanol–water partition coefficient (Wildman–Crippen LogP) is 2.39. The van der Waals surface area contributed by atoms with Crippen molar-refractivity contribution in [2.75, 3.05) is 31.0 Å². The first-order valence-corrected chi connectivity index (χ1v) is 17.2. The van der Waals surface area contributed by atoms with E-state index >= 15 is 0 Å². The largest absolute Gasteiger partial charge is 1.00 e. The number of amides is 3. The zero-order valence-electron chi connectivity index (χ0n) is 27.9. The number of ether oxygens (including phenoxy) is 3. The third-order valence-corrected chi connectivity index (χ3v) is 8.67. The van der Waals surface area contributed by atoms with Crippen molar-refractivity contribution in [3.8, 4) is 11.2 Å². The molecule has 0 aliphatic rings. The first-order valence-electron chi connectivity index (χ1n) is 13.9. The zero-order chi connectivity index (χ0) is 38.1. The van der Waals surface area contributed by atoms with Gasteiger partial charge in [0.15, 0.2) is 18.6 Å². The Balaban J connectivity index is 0.000000356. The summed E-state index contributed by atoms with van der Waals surface area (Å²) >= 11 is 2.07. The molecule has 24 heteroatoms. The van der Waals surface area contributed by atoms with Crippen LogP contribution in [-0.4, -0.2) is 78.3 Å². The molecule has 52 heavy (non-hydrogen) atoms. The molecule has 0 saturated carbocycles. The number of esters is 1. The first-order chi connectivity index (χ1) is 23.8. The van der Waals surface area contributed by atoms with Crippen LogP contribution in [0.2, 0.25) is 0 Å². The number of carbonyl (C=O) groups excluding carboxylic acids is 3. The van der Waals surface area contributed by atoms with E-state index in [0.717, 1.165) is 7.11 Å². The molecule has 1 N–H and O–H groups in total. The molecule has 0 bridgehead atoms. The fourth-order valence-electron chi connectivity index (χ4n) is 3.78. The van der Waals surface area contributed by atoms with Crippen LogP contribution in [0.25, 0.3) is 4.72 Å². The number of alkyl halides is 3. The van der Waals surface area contributed by atoms with Gasteiger partial charge in [0.1, 0.15) is 11.6 Å². The third-order valence-electron chi connectivity index (χ3n) is 5.82. The van der Waals surface area contributed by atoms with Crippen LogP contribution in [-0.2, 0) is 25.7 Å². The Morgan fingerprint density at radius 2 is 1.69 bits per heavy atom. The van der Waals surface area contributed by atoms with Crippen molar-refractivity contribution in [2.24, 2.45) is 0 Å². The molecule has 0 atom stereocenters. The number of methoxy groups -OCH3 is 2. The van der Waals surface area contributed by atoms with E-state index in [2.05, 4.69) is 39.9 Å². The Labute approximate surface area is 333 Å². The molecular formula is C28H26F4IN8NaO8S2. The van der Waals surface area contributed by atoms with Crippen molar-refractivity contribution in [1.82, 2.24) is 25.1 Å². The SMILES string of the molecule is CC(C)N(C(=O)COc1nnc(C(F)(F)F)s1)c1ccc(F)cc1.COC(=O)c1ccc(I)cc1S(=O)(=O)[N-]C(=O)Nc1nc(C)nc(OC)n1.[Na+]. The smallest absolute Gasteiger partial charge is 0.467 e. The quantitative estimate of drug-likeness (QED) is 0.105. The molecule has 2 aromatic heterocycles. The van der Waals surface area contributed by atoms with Crippen molar-refractivity contribution in [2.45, 2.75) is 37.9 Å². The van der Waals surface area contributed by atoms with Gasteiger partial charge in [-0.2, -0.15) is 23.1 Å². The summed E-state index contributed by atoms with van der Waals surface area (Å²) in [6.07, 6.45) is -4.61. The summed E-state index contributed by atoms with van der Waals surface area (Å²) in [7, 11) is -2.08. The fraction of sp³-hybridized carbons (Fsp3) is 0.286. The van der Waals surface area contributed by atoms with E-state index in [0.29, 0.717) is 9.26 Å². The molecule has 0 spiro atoms. The van der Waals surface area contributed by atoms with E-state index in [-0.39, 0.29) is 75.5 Å². The van der Waals surface area contributed by atoms with Gasteiger partial charge in [0.05, 0.1) is 24.7 Å². The number of benzene rings is 2. The fourth-order valence-corrected chi connectivity index (χ4v) is 6.11. The average molecular weight is 893 g/mol. The molecule has 16 nitrogen and oxygen atoms in total. The van der Waals surface area contributed by atoms with Gasteiger partial charge < -0.3 is 29.1 Å². The third kappa shape index (κ3) is 12.7. The number of carbonyl (C=O) groups is 3. The molecule has 0 radical (unpaired) electrons. The molecular weight excluding hydrogens is 866 g/mol. The van der Waals surface area contributed by atoms with Gasteiger partial charge in [-0.25, -0.2) is 22.6 Å². The molecule has 4 rings (SSSR count). The number of anilines is 2. The maximum atomic E-state index is 13.0. The van der Waals surface area contributed by atoms with Crippen LogP contribution in [0.5, 0.6) is 11.2 Å². The number of nitrogens with one attached hydrogen (secondary N) is 1. The van der Waals surface area contributed by atoms with Gasteiger partial charge in [-0.15, -0.1) is 5.10 Å². The van der Waals surface area contributed by atoms with Crippen LogP contribution < -0.4 is 49.2 Å². The molecule has 0 aliphatic heterocycles. The van der Waals surface area contributed by atoms with Gasteiger partial charge in [-0.05, 0) is 85.8 Å². The Bertz CT molecular complexity index is 1990. The molecule has 274 valence electrons. The van der Waals surface area contributed by atoms with E-state index < -0.39 is 56.4 Å². The van der Waals surface area contributed by atoms with Crippen LogP contribution in [0.4, 0.5) is 34.0 Å². The number of halogens is 5. The Morgan fingerprint density at radius 3 is 2.25 bits per heavy atom. The van der Waals surface area contributed by atoms with Crippen molar-refractivity contribution in [3.63, 3.8) is 0 Å². The number of aryl methyl sites for hydroxylation is 1. The number of hydrogen-bond acceptors (Lipinski definition) is 14. The van der Waals surface area contributed by atoms with Gasteiger partial charge in [0, 0.05) is 15.3 Å². The second-order valence-electron chi connectivity index (χ2n) is 9.81. The van der Waals surface area contributed by atoms with Crippen LogP contribution >= 0.6 is 33.9 Å². The van der Waals surface area contributed by atoms with Crippen LogP contribution in [0, 0.1) is 16.3 Å². The minimum Gasteiger partial charge on any atom is -0.467 e. The van der Waals surface area contributed by atoms with Gasteiger partial charge in [0.25, 0.3) is 11.1 Å². The van der Waals surface area contributed by atoms with Gasteiger partial charge in [-0.3, -0.25) is 9.59 Å². The maximum absolute atomic E-state index is 13.0. The second-order valence-corrected chi connectivity index (χ2v) is 13.6. The average Bonchev–Trinajstić information content (AvgIpc) is 3.54. The molecule has 2 heterocycles. The van der Waals surface area contributed by atoms with Gasteiger partial charge in [-0.1, -0.05) is 16.4 Å². The number of nitrogens with zero attached hydrogens (tertiary/aromatic N) is 7. The number of urea groups is 1. The second kappa shape index (κ2) is 19.3. The van der Waals surface area contributed by atoms with Crippen molar-refractivity contribution in [1.29, 1.82) is 0 Å². The number of hydrogen-bond donors (Lipinski definition) is 1. The monoisotopic (exact) mass is 892 g/mol. The maximum Gasteiger partial charge on any atom is 1.00 e. The summed E-state index contributed by atoms with van der Waals surface area (Å²) in [5, 5.41) is 6.83. The zero-order valence-corrected chi connectivity index (χ0v) is 33.7. The van der Waals surface area contributed by atoms with E-state index in [4.69, 9.17) is 9.47 Å². The van der Waals surface area contributed by atoms with Gasteiger partial charge in [0.2, 0.25) is 15.0 Å². The molecule has 2 aromatic carbocycles. The summed E-state index contributed by atoms with van der Waals surface area (Å²) < 4.78 is 93.4. The standard InChI is InChI=1S/C14H13F4N3O2S.C14H14IN5O6S.Na/c1-8(2)21(10-5-3-9(15)4-6-10)11(22)7-23-13-20-19-12(24-13)14(16,17)18;1-7-16-12(19-14(17-7)26-3)18-13(22)20-27(23,24)10-6-8(15)4-5-9(10)11(21)25-2;/h3-6,8H,7H2,1-2H3;4-6H,1-3H3,(H2,16,17,18,19,20,22);/q;;+1/p-1. The van der Waals surface area contributed by atoms with E-state index in [1.807, 2.05) is 22.6 Å². The summed E-state index contributed by atoms with van der Waals surface area (Å²) in [6, 6.07) is 7.70. The number of aromatic nitrogens is 5. The topological polar surface area (TPSA) is 207 Å². The van der Waals surface area contributed by atoms with Crippen molar-refractivity contribution < 1.29 is 84.1 Å². The van der Waals surface area contributed by atoms with Gasteiger partial charge >= 0.3 is 47.7 Å².